The summed E-state index contributed by atoms with van der Waals surface area (Å²) in [5.41, 5.74) is 6.33. The molecule has 0 amide bonds. The molecule has 1 unspecified atom stereocenters. The number of nitrogens with two attached hydrogens (primary N) is 1. The Labute approximate surface area is 123 Å². The van der Waals surface area contributed by atoms with E-state index in [9.17, 15) is 4.39 Å². The summed E-state index contributed by atoms with van der Waals surface area (Å²) in [6, 6.07) is 8.01. The van der Waals surface area contributed by atoms with Crippen LogP contribution in [0.5, 0.6) is 0 Å². The number of aromatic nitrogens is 2. The number of nitrogens with one attached hydrogen (secondary N) is 1. The predicted molar refractivity (Wildman–Crippen MR) is 80.2 cm³/mol. The molecule has 0 aliphatic heterocycles. The van der Waals surface area contributed by atoms with E-state index in [1.54, 1.807) is 24.3 Å². The van der Waals surface area contributed by atoms with Crippen molar-refractivity contribution in [1.82, 2.24) is 9.97 Å². The number of hydrogen-bond donors (Lipinski definition) is 2. The van der Waals surface area contributed by atoms with Crippen LogP contribution in [0.2, 0.25) is 0 Å². The number of ether oxygens (including phenoxy) is 1. The highest BCUT2D eigenvalue weighted by Crippen LogP contribution is 2.21. The Morgan fingerprint density at radius 3 is 2.81 bits per heavy atom. The summed E-state index contributed by atoms with van der Waals surface area (Å²) in [5.74, 6) is 1.14. The second kappa shape index (κ2) is 6.99. The molecule has 6 heteroatoms. The average molecular weight is 290 g/mol. The van der Waals surface area contributed by atoms with Crippen molar-refractivity contribution in [3.8, 4) is 0 Å². The van der Waals surface area contributed by atoms with Gasteiger partial charge < -0.3 is 15.8 Å². The van der Waals surface area contributed by atoms with Crippen molar-refractivity contribution < 1.29 is 9.13 Å². The molecule has 0 saturated heterocycles. The van der Waals surface area contributed by atoms with Gasteiger partial charge in [-0.1, -0.05) is 18.2 Å². The van der Waals surface area contributed by atoms with Crippen LogP contribution in [0.15, 0.2) is 30.3 Å². The normalized spacial score (nSPS) is 12.1. The minimum Gasteiger partial charge on any atom is -0.384 e. The molecule has 2 aromatic rings. The van der Waals surface area contributed by atoms with E-state index in [0.717, 1.165) is 0 Å². The maximum Gasteiger partial charge on any atom is 0.158 e. The van der Waals surface area contributed by atoms with Gasteiger partial charge >= 0.3 is 0 Å². The molecule has 1 aromatic heterocycles. The molecule has 0 radical (unpaired) electrons. The van der Waals surface area contributed by atoms with Crippen LogP contribution in [0, 0.1) is 5.82 Å². The van der Waals surface area contributed by atoms with Crippen molar-refractivity contribution in [2.24, 2.45) is 0 Å². The monoisotopic (exact) mass is 290 g/mol. The topological polar surface area (TPSA) is 73.1 Å². The quantitative estimate of drug-likeness (QED) is 0.855. The van der Waals surface area contributed by atoms with Gasteiger partial charge in [0.1, 0.15) is 24.1 Å². The number of hydrogen-bond acceptors (Lipinski definition) is 5. The molecular weight excluding hydrogens is 271 g/mol. The molecule has 1 aromatic carbocycles. The second-order valence-corrected chi connectivity index (χ2v) is 4.62. The summed E-state index contributed by atoms with van der Waals surface area (Å²) < 4.78 is 19.0. The molecule has 1 heterocycles. The fraction of sp³-hybridized carbons (Fsp3) is 0.333. The summed E-state index contributed by atoms with van der Waals surface area (Å²) in [5, 5.41) is 3.13. The van der Waals surface area contributed by atoms with E-state index in [0.29, 0.717) is 36.2 Å². The fourth-order valence-electron chi connectivity index (χ4n) is 1.98. The first kappa shape index (κ1) is 15.2. The predicted octanol–water partition coefficient (Wildman–Crippen LogP) is 2.91. The molecule has 3 N–H and O–H groups in total. The highest BCUT2D eigenvalue weighted by atomic mass is 19.1. The molecule has 0 fully saturated rings. The van der Waals surface area contributed by atoms with Gasteiger partial charge in [-0.25, -0.2) is 14.4 Å². The van der Waals surface area contributed by atoms with E-state index in [1.165, 1.54) is 6.07 Å². The molecule has 0 bridgehead atoms. The van der Waals surface area contributed by atoms with Gasteiger partial charge in [-0.15, -0.1) is 0 Å². The Kier molecular flexibility index (Phi) is 5.05. The van der Waals surface area contributed by atoms with Crippen molar-refractivity contribution in [2.45, 2.75) is 26.5 Å². The number of anilines is 2. The van der Waals surface area contributed by atoms with E-state index in [4.69, 9.17) is 10.5 Å². The lowest BCUT2D eigenvalue weighted by Crippen LogP contribution is -2.12. The number of nitrogen functional groups attached to an aromatic ring is 1. The van der Waals surface area contributed by atoms with Gasteiger partial charge in [0.2, 0.25) is 0 Å². The lowest BCUT2D eigenvalue weighted by atomic mass is 10.1. The van der Waals surface area contributed by atoms with Crippen molar-refractivity contribution in [2.75, 3.05) is 17.7 Å². The van der Waals surface area contributed by atoms with Crippen molar-refractivity contribution in [3.05, 3.63) is 47.5 Å². The standard InChI is InChI=1S/C15H19FN4O/c1-3-21-9-15-19-13(17)8-14(20-15)18-10(2)11-6-4-5-7-12(11)16/h4-8,10H,3,9H2,1-2H3,(H3,17,18,19,20). The first-order chi connectivity index (χ1) is 10.1. The first-order valence-corrected chi connectivity index (χ1v) is 6.82. The molecule has 2 rings (SSSR count). The number of rotatable bonds is 6. The third-order valence-electron chi connectivity index (χ3n) is 2.96. The zero-order valence-electron chi connectivity index (χ0n) is 12.1. The minimum atomic E-state index is -0.255. The van der Waals surface area contributed by atoms with Crippen LogP contribution in [0.25, 0.3) is 0 Å². The van der Waals surface area contributed by atoms with Gasteiger partial charge in [-0.3, -0.25) is 0 Å². The van der Waals surface area contributed by atoms with Crippen LogP contribution in [-0.4, -0.2) is 16.6 Å². The summed E-state index contributed by atoms with van der Waals surface area (Å²) in [7, 11) is 0. The van der Waals surface area contributed by atoms with Crippen LogP contribution >= 0.6 is 0 Å². The third kappa shape index (κ3) is 4.13. The molecular formula is C15H19FN4O. The summed E-state index contributed by atoms with van der Waals surface area (Å²) in [6.45, 7) is 4.63. The molecule has 5 nitrogen and oxygen atoms in total. The van der Waals surface area contributed by atoms with Crippen LogP contribution in [-0.2, 0) is 11.3 Å². The zero-order chi connectivity index (χ0) is 15.2. The van der Waals surface area contributed by atoms with Gasteiger partial charge in [-0.2, -0.15) is 0 Å². The highest BCUT2D eigenvalue weighted by Gasteiger charge is 2.11. The minimum absolute atomic E-state index is 0.236. The fourth-order valence-corrected chi connectivity index (χ4v) is 1.98. The van der Waals surface area contributed by atoms with Crippen molar-refractivity contribution >= 4 is 11.6 Å². The highest BCUT2D eigenvalue weighted by molar-refractivity contribution is 5.46. The Balaban J connectivity index is 2.15. The summed E-state index contributed by atoms with van der Waals surface area (Å²) >= 11 is 0. The van der Waals surface area contributed by atoms with E-state index >= 15 is 0 Å². The second-order valence-electron chi connectivity index (χ2n) is 4.62. The smallest absolute Gasteiger partial charge is 0.158 e. The van der Waals surface area contributed by atoms with Gasteiger partial charge in [0.25, 0.3) is 0 Å². The van der Waals surface area contributed by atoms with Crippen LogP contribution in [0.4, 0.5) is 16.0 Å². The van der Waals surface area contributed by atoms with Crippen LogP contribution < -0.4 is 11.1 Å². The summed E-state index contributed by atoms with van der Waals surface area (Å²) in [6.07, 6.45) is 0. The molecule has 0 saturated carbocycles. The third-order valence-corrected chi connectivity index (χ3v) is 2.96. The zero-order valence-corrected chi connectivity index (χ0v) is 12.1. The Bertz CT molecular complexity index is 606. The van der Waals surface area contributed by atoms with E-state index in [-0.39, 0.29) is 11.9 Å². The molecule has 112 valence electrons. The molecule has 0 aliphatic rings. The molecule has 0 spiro atoms. The lowest BCUT2D eigenvalue weighted by molar-refractivity contribution is 0.128. The molecule has 0 aliphatic carbocycles. The van der Waals surface area contributed by atoms with E-state index < -0.39 is 0 Å². The number of halogens is 1. The van der Waals surface area contributed by atoms with Gasteiger partial charge in [-0.05, 0) is 19.9 Å². The maximum absolute atomic E-state index is 13.8. The van der Waals surface area contributed by atoms with Gasteiger partial charge in [0.15, 0.2) is 5.82 Å². The van der Waals surface area contributed by atoms with Gasteiger partial charge in [0, 0.05) is 18.2 Å². The number of nitrogens with zero attached hydrogens (tertiary/aromatic N) is 2. The first-order valence-electron chi connectivity index (χ1n) is 6.82. The molecule has 1 atom stereocenters. The van der Waals surface area contributed by atoms with Crippen molar-refractivity contribution in [1.29, 1.82) is 0 Å². The van der Waals surface area contributed by atoms with E-state index in [2.05, 4.69) is 15.3 Å². The Morgan fingerprint density at radius 1 is 1.33 bits per heavy atom. The SMILES string of the molecule is CCOCc1nc(N)cc(NC(C)c2ccccc2F)n1. The van der Waals surface area contributed by atoms with Crippen LogP contribution in [0.3, 0.4) is 0 Å². The van der Waals surface area contributed by atoms with Crippen molar-refractivity contribution in [3.63, 3.8) is 0 Å². The maximum atomic E-state index is 13.8. The Morgan fingerprint density at radius 2 is 2.10 bits per heavy atom. The number of benzene rings is 1. The largest absolute Gasteiger partial charge is 0.384 e. The summed E-state index contributed by atoms with van der Waals surface area (Å²) in [4.78, 5) is 8.41. The van der Waals surface area contributed by atoms with E-state index in [1.807, 2.05) is 13.8 Å². The van der Waals surface area contributed by atoms with Crippen LogP contribution in [0.1, 0.15) is 31.3 Å². The lowest BCUT2D eigenvalue weighted by Gasteiger charge is -2.16. The average Bonchev–Trinajstić information content (AvgIpc) is 2.45. The van der Waals surface area contributed by atoms with Gasteiger partial charge in [0.05, 0.1) is 6.04 Å². The molecule has 21 heavy (non-hydrogen) atoms. The Hall–Kier alpha value is -2.21.